The molecule has 0 aliphatic heterocycles. The molecule has 0 atom stereocenters. The topological polar surface area (TPSA) is 17.8 Å². The van der Waals surface area contributed by atoms with Gasteiger partial charge in [0, 0.05) is 17.4 Å². The number of thioether (sulfide) groups is 1. The van der Waals surface area contributed by atoms with E-state index in [4.69, 9.17) is 11.6 Å². The predicted molar refractivity (Wildman–Crippen MR) is 91.7 cm³/mol. The lowest BCUT2D eigenvalue weighted by molar-refractivity contribution is 0.504. The zero-order valence-electron chi connectivity index (χ0n) is 11.8. The first-order chi connectivity index (χ1) is 10.1. The summed E-state index contributed by atoms with van der Waals surface area (Å²) < 4.78 is 16.7. The molecule has 0 unspecified atom stereocenters. The fourth-order valence-corrected chi connectivity index (χ4v) is 4.67. The number of benzene rings is 1. The van der Waals surface area contributed by atoms with Crippen LogP contribution in [0.3, 0.4) is 0 Å². The van der Waals surface area contributed by atoms with Crippen LogP contribution in [0.1, 0.15) is 31.5 Å². The largest absolute Gasteiger partial charge is 0.325 e. The molecule has 1 aliphatic carbocycles. The summed E-state index contributed by atoms with van der Waals surface area (Å²) in [6, 6.07) is 3.29. The van der Waals surface area contributed by atoms with Gasteiger partial charge in [-0.2, -0.15) is 11.8 Å². The summed E-state index contributed by atoms with van der Waals surface area (Å²) in [7, 11) is 0. The van der Waals surface area contributed by atoms with Crippen molar-refractivity contribution >= 4 is 50.3 Å². The van der Waals surface area contributed by atoms with E-state index in [1.54, 1.807) is 12.1 Å². The molecule has 114 valence electrons. The Hall–Kier alpha value is -0.260. The third-order valence-corrected chi connectivity index (χ3v) is 6.63. The van der Waals surface area contributed by atoms with E-state index < -0.39 is 0 Å². The van der Waals surface area contributed by atoms with Gasteiger partial charge in [0.15, 0.2) is 0 Å². The zero-order chi connectivity index (χ0) is 15.0. The molecule has 3 rings (SSSR count). The molecule has 1 saturated carbocycles. The Bertz CT molecular complexity index is 667. The average molecular weight is 392 g/mol. The molecule has 0 saturated heterocycles. The molecular formula is C15H17BrClFN2S. The van der Waals surface area contributed by atoms with Gasteiger partial charge in [0.2, 0.25) is 0 Å². The first-order valence-electron chi connectivity index (χ1n) is 7.04. The molecule has 0 N–H and O–H groups in total. The fourth-order valence-electron chi connectivity index (χ4n) is 3.18. The number of nitrogens with zero attached hydrogens (tertiary/aromatic N) is 2. The van der Waals surface area contributed by atoms with Crippen LogP contribution >= 0.6 is 39.3 Å². The lowest BCUT2D eigenvalue weighted by Gasteiger charge is -2.28. The van der Waals surface area contributed by atoms with E-state index in [9.17, 15) is 4.39 Å². The van der Waals surface area contributed by atoms with Crippen LogP contribution in [-0.4, -0.2) is 20.6 Å². The summed E-state index contributed by atoms with van der Waals surface area (Å²) in [6.07, 6.45) is 7.11. The summed E-state index contributed by atoms with van der Waals surface area (Å²) in [5, 5.41) is 0. The quantitative estimate of drug-likeness (QED) is 0.654. The molecule has 1 aliphatic rings. The molecule has 0 radical (unpaired) electrons. The van der Waals surface area contributed by atoms with Crippen LogP contribution in [-0.2, 0) is 12.4 Å². The average Bonchev–Trinajstić information content (AvgIpc) is 3.07. The minimum absolute atomic E-state index is 0.234. The molecule has 1 aromatic carbocycles. The first-order valence-corrected chi connectivity index (χ1v) is 9.59. The lowest BCUT2D eigenvalue weighted by atomic mass is 10.1. The van der Waals surface area contributed by atoms with Crippen molar-refractivity contribution in [1.82, 2.24) is 9.55 Å². The number of hydrogen-bond donors (Lipinski definition) is 0. The molecule has 1 aromatic heterocycles. The summed E-state index contributed by atoms with van der Waals surface area (Å²) in [4.78, 5) is 4.57. The maximum atomic E-state index is 13.9. The van der Waals surface area contributed by atoms with Crippen molar-refractivity contribution in [2.75, 3.05) is 6.26 Å². The SMILES string of the molecule is CSC1(Cn2c(CCl)nc3cc(Br)c(F)cc32)CCCC1. The van der Waals surface area contributed by atoms with Gasteiger partial charge in [-0.3, -0.25) is 0 Å². The maximum absolute atomic E-state index is 13.9. The highest BCUT2D eigenvalue weighted by Crippen LogP contribution is 2.42. The summed E-state index contributed by atoms with van der Waals surface area (Å²) in [5.74, 6) is 0.914. The molecule has 6 heteroatoms. The van der Waals surface area contributed by atoms with E-state index in [1.165, 1.54) is 25.7 Å². The van der Waals surface area contributed by atoms with Crippen LogP contribution in [0.15, 0.2) is 16.6 Å². The van der Waals surface area contributed by atoms with Gasteiger partial charge in [-0.1, -0.05) is 12.8 Å². The molecule has 2 aromatic rings. The van der Waals surface area contributed by atoms with Crippen molar-refractivity contribution in [1.29, 1.82) is 0 Å². The summed E-state index contributed by atoms with van der Waals surface area (Å²) >= 11 is 11.2. The van der Waals surface area contributed by atoms with Crippen LogP contribution in [0.5, 0.6) is 0 Å². The van der Waals surface area contributed by atoms with Crippen molar-refractivity contribution in [3.05, 3.63) is 28.2 Å². The van der Waals surface area contributed by atoms with Crippen LogP contribution in [0.4, 0.5) is 4.39 Å². The highest BCUT2D eigenvalue weighted by atomic mass is 79.9. The van der Waals surface area contributed by atoms with Gasteiger partial charge in [0.05, 0.1) is 21.4 Å². The molecule has 0 bridgehead atoms. The number of rotatable bonds is 4. The maximum Gasteiger partial charge on any atom is 0.139 e. The second-order valence-electron chi connectivity index (χ2n) is 5.60. The highest BCUT2D eigenvalue weighted by Gasteiger charge is 2.34. The van der Waals surface area contributed by atoms with Crippen molar-refractivity contribution in [3.63, 3.8) is 0 Å². The number of fused-ring (bicyclic) bond motifs is 1. The van der Waals surface area contributed by atoms with E-state index in [0.717, 1.165) is 23.4 Å². The van der Waals surface area contributed by atoms with Crippen LogP contribution < -0.4 is 0 Å². The Morgan fingerprint density at radius 3 is 2.76 bits per heavy atom. The number of alkyl halides is 1. The van der Waals surface area contributed by atoms with Gasteiger partial charge < -0.3 is 4.57 Å². The van der Waals surface area contributed by atoms with E-state index in [0.29, 0.717) is 10.4 Å². The third-order valence-electron chi connectivity index (χ3n) is 4.38. The zero-order valence-corrected chi connectivity index (χ0v) is 15.0. The van der Waals surface area contributed by atoms with Crippen LogP contribution in [0, 0.1) is 5.82 Å². The van der Waals surface area contributed by atoms with Gasteiger partial charge >= 0.3 is 0 Å². The van der Waals surface area contributed by atoms with Crippen LogP contribution in [0.25, 0.3) is 11.0 Å². The molecule has 21 heavy (non-hydrogen) atoms. The minimum Gasteiger partial charge on any atom is -0.325 e. The van der Waals surface area contributed by atoms with Crippen molar-refractivity contribution < 1.29 is 4.39 Å². The van der Waals surface area contributed by atoms with Crippen molar-refractivity contribution in [2.24, 2.45) is 0 Å². The number of imidazole rings is 1. The van der Waals surface area contributed by atoms with E-state index in [2.05, 4.69) is 31.7 Å². The second-order valence-corrected chi connectivity index (χ2v) is 7.99. The molecule has 1 heterocycles. The first kappa shape index (κ1) is 15.6. The second kappa shape index (κ2) is 6.09. The van der Waals surface area contributed by atoms with Gasteiger partial charge in [-0.25, -0.2) is 9.37 Å². The predicted octanol–water partition coefficient (Wildman–Crippen LogP) is 5.35. The van der Waals surface area contributed by atoms with E-state index >= 15 is 0 Å². The van der Waals surface area contributed by atoms with Crippen molar-refractivity contribution in [2.45, 2.75) is 42.9 Å². The third kappa shape index (κ3) is 2.84. The van der Waals surface area contributed by atoms with Crippen LogP contribution in [0.2, 0.25) is 0 Å². The molecule has 0 amide bonds. The summed E-state index contributed by atoms with van der Waals surface area (Å²) in [5.41, 5.74) is 1.64. The van der Waals surface area contributed by atoms with E-state index in [1.807, 2.05) is 11.8 Å². The van der Waals surface area contributed by atoms with Gasteiger partial charge in [0.25, 0.3) is 0 Å². The molecule has 2 nitrogen and oxygen atoms in total. The minimum atomic E-state index is -0.255. The van der Waals surface area contributed by atoms with Gasteiger partial charge in [-0.15, -0.1) is 11.6 Å². The van der Waals surface area contributed by atoms with Gasteiger partial charge in [0.1, 0.15) is 11.6 Å². The lowest BCUT2D eigenvalue weighted by Crippen LogP contribution is -2.27. The Balaban J connectivity index is 2.09. The number of hydrogen-bond acceptors (Lipinski definition) is 2. The Kier molecular flexibility index (Phi) is 4.53. The van der Waals surface area contributed by atoms with Crippen molar-refractivity contribution in [3.8, 4) is 0 Å². The molecule has 1 fully saturated rings. The molecular weight excluding hydrogens is 375 g/mol. The Labute approximate surface area is 141 Å². The number of aromatic nitrogens is 2. The fraction of sp³-hybridized carbons (Fsp3) is 0.533. The number of halogens is 3. The van der Waals surface area contributed by atoms with E-state index in [-0.39, 0.29) is 10.6 Å². The smallest absolute Gasteiger partial charge is 0.139 e. The monoisotopic (exact) mass is 390 g/mol. The highest BCUT2D eigenvalue weighted by molar-refractivity contribution is 9.10. The standard InChI is InChI=1S/C15H17BrClFN2S/c1-21-15(4-2-3-5-15)9-20-13-7-11(18)10(16)6-12(13)19-14(20)8-17/h6-7H,2-5,8-9H2,1H3. The molecule has 0 spiro atoms. The normalized spacial score (nSPS) is 17.7. The Morgan fingerprint density at radius 2 is 2.14 bits per heavy atom. The van der Waals surface area contributed by atoms with Gasteiger partial charge in [-0.05, 0) is 41.1 Å². The Morgan fingerprint density at radius 1 is 1.43 bits per heavy atom. The summed E-state index contributed by atoms with van der Waals surface area (Å²) in [6.45, 7) is 0.855.